The third kappa shape index (κ3) is 7.23. The van der Waals surface area contributed by atoms with Gasteiger partial charge in [0.1, 0.15) is 5.82 Å². The number of hydrogen-bond donors (Lipinski definition) is 2. The molecule has 1 fully saturated rings. The number of hydrogen-bond acceptors (Lipinski definition) is 4. The molecular weight excluding hydrogens is 437 g/mol. The average Bonchev–Trinajstić information content (AvgIpc) is 2.80. The van der Waals surface area contributed by atoms with E-state index < -0.39 is 6.03 Å². The van der Waals surface area contributed by atoms with Gasteiger partial charge in [-0.05, 0) is 74.9 Å². The predicted octanol–water partition coefficient (Wildman–Crippen LogP) is 4.22. The van der Waals surface area contributed by atoms with Gasteiger partial charge in [-0.2, -0.15) is 0 Å². The van der Waals surface area contributed by atoms with Crippen LogP contribution in [0, 0.1) is 11.7 Å². The van der Waals surface area contributed by atoms with Crippen LogP contribution < -0.4 is 10.6 Å². The highest BCUT2D eigenvalue weighted by Crippen LogP contribution is 2.22. The van der Waals surface area contributed by atoms with Gasteiger partial charge in [0.15, 0.2) is 11.6 Å². The van der Waals surface area contributed by atoms with Crippen LogP contribution in [-0.2, 0) is 11.2 Å². The highest BCUT2D eigenvalue weighted by atomic mass is 19.1. The van der Waals surface area contributed by atoms with Gasteiger partial charge >= 0.3 is 6.03 Å². The van der Waals surface area contributed by atoms with Crippen molar-refractivity contribution in [3.63, 3.8) is 0 Å². The van der Waals surface area contributed by atoms with E-state index in [1.165, 1.54) is 44.2 Å². The Kier molecular flexibility index (Phi) is 8.51. The number of urea groups is 1. The number of rotatable bonds is 8. The molecule has 180 valence electrons. The highest BCUT2D eigenvalue weighted by Gasteiger charge is 2.23. The molecule has 34 heavy (non-hydrogen) atoms. The first kappa shape index (κ1) is 25.1. The van der Waals surface area contributed by atoms with Crippen LogP contribution >= 0.6 is 0 Å². The summed E-state index contributed by atoms with van der Waals surface area (Å²) in [5.74, 6) is -0.385. The van der Waals surface area contributed by atoms with Gasteiger partial charge in [-0.1, -0.05) is 12.1 Å². The Morgan fingerprint density at radius 3 is 2.26 bits per heavy atom. The maximum absolute atomic E-state index is 13.1. The van der Waals surface area contributed by atoms with Crippen LogP contribution in [0.25, 0.3) is 0 Å². The van der Waals surface area contributed by atoms with Crippen LogP contribution in [0.3, 0.4) is 0 Å². The van der Waals surface area contributed by atoms with Crippen LogP contribution in [0.5, 0.6) is 0 Å². The SMILES string of the molecule is CC(=O)c1cc(NC(=O)NCCC(=O)N2CCC[C@@H](Cc3ccc(F)cc3)C2)cc(C(C)=O)c1. The van der Waals surface area contributed by atoms with Crippen molar-refractivity contribution in [2.45, 2.75) is 39.5 Å². The summed E-state index contributed by atoms with van der Waals surface area (Å²) in [5.41, 5.74) is 2.05. The van der Waals surface area contributed by atoms with Gasteiger partial charge in [0.25, 0.3) is 0 Å². The average molecular weight is 468 g/mol. The van der Waals surface area contributed by atoms with E-state index in [2.05, 4.69) is 10.6 Å². The maximum Gasteiger partial charge on any atom is 0.319 e. The summed E-state index contributed by atoms with van der Waals surface area (Å²) in [7, 11) is 0. The highest BCUT2D eigenvalue weighted by molar-refractivity contribution is 6.02. The zero-order valence-corrected chi connectivity index (χ0v) is 19.5. The Morgan fingerprint density at radius 2 is 1.65 bits per heavy atom. The zero-order valence-electron chi connectivity index (χ0n) is 19.5. The number of carbonyl (C=O) groups is 4. The molecule has 7 nitrogen and oxygen atoms in total. The summed E-state index contributed by atoms with van der Waals surface area (Å²) >= 11 is 0. The number of ketones is 2. The minimum Gasteiger partial charge on any atom is -0.342 e. The molecule has 0 bridgehead atoms. The summed E-state index contributed by atoms with van der Waals surface area (Å²) in [6.07, 6.45) is 2.90. The lowest BCUT2D eigenvalue weighted by molar-refractivity contribution is -0.132. The van der Waals surface area contributed by atoms with E-state index in [4.69, 9.17) is 0 Å². The van der Waals surface area contributed by atoms with Crippen LogP contribution in [0.2, 0.25) is 0 Å². The minimum atomic E-state index is -0.518. The molecule has 2 aromatic carbocycles. The molecule has 1 saturated heterocycles. The van der Waals surface area contributed by atoms with Crippen LogP contribution in [0.4, 0.5) is 14.9 Å². The van der Waals surface area contributed by atoms with Gasteiger partial charge in [-0.25, -0.2) is 9.18 Å². The summed E-state index contributed by atoms with van der Waals surface area (Å²) in [5, 5.41) is 5.27. The van der Waals surface area contributed by atoms with E-state index in [0.29, 0.717) is 35.8 Å². The quantitative estimate of drug-likeness (QED) is 0.568. The number of nitrogens with zero attached hydrogens (tertiary/aromatic N) is 1. The van der Waals surface area contributed by atoms with Crippen molar-refractivity contribution in [3.05, 3.63) is 65.0 Å². The van der Waals surface area contributed by atoms with E-state index in [1.54, 1.807) is 12.1 Å². The first-order valence-electron chi connectivity index (χ1n) is 11.5. The van der Waals surface area contributed by atoms with Gasteiger partial charge in [0.05, 0.1) is 0 Å². The van der Waals surface area contributed by atoms with Gasteiger partial charge in [0, 0.05) is 42.9 Å². The number of nitrogens with one attached hydrogen (secondary N) is 2. The van der Waals surface area contributed by atoms with Crippen molar-refractivity contribution in [1.29, 1.82) is 0 Å². The molecule has 2 aromatic rings. The summed E-state index contributed by atoms with van der Waals surface area (Å²) in [6, 6.07) is 10.5. The fourth-order valence-corrected chi connectivity index (χ4v) is 4.13. The van der Waals surface area contributed by atoms with Crippen molar-refractivity contribution in [1.82, 2.24) is 10.2 Å². The minimum absolute atomic E-state index is 0.0263. The summed E-state index contributed by atoms with van der Waals surface area (Å²) in [4.78, 5) is 50.1. The number of halogens is 1. The van der Waals surface area contributed by atoms with Gasteiger partial charge in [0.2, 0.25) is 5.91 Å². The first-order chi connectivity index (χ1) is 16.2. The van der Waals surface area contributed by atoms with Crippen molar-refractivity contribution in [2.75, 3.05) is 25.0 Å². The lowest BCUT2D eigenvalue weighted by Crippen LogP contribution is -2.42. The van der Waals surface area contributed by atoms with Crippen LogP contribution in [0.15, 0.2) is 42.5 Å². The van der Waals surface area contributed by atoms with Crippen LogP contribution in [-0.4, -0.2) is 48.0 Å². The van der Waals surface area contributed by atoms with E-state index in [-0.39, 0.29) is 36.3 Å². The Balaban J connectivity index is 1.47. The zero-order chi connectivity index (χ0) is 24.7. The molecule has 8 heteroatoms. The molecular formula is C26H30FN3O4. The molecule has 0 aliphatic carbocycles. The van der Waals surface area contributed by atoms with Crippen LogP contribution in [0.1, 0.15) is 59.4 Å². The second-order valence-electron chi connectivity index (χ2n) is 8.72. The van der Waals surface area contributed by atoms with Crippen molar-refractivity contribution >= 4 is 29.2 Å². The lowest BCUT2D eigenvalue weighted by Gasteiger charge is -2.33. The molecule has 3 amide bonds. The summed E-state index contributed by atoms with van der Waals surface area (Å²) < 4.78 is 13.1. The van der Waals surface area contributed by atoms with Crippen molar-refractivity contribution < 1.29 is 23.6 Å². The Bertz CT molecular complexity index is 1040. The largest absolute Gasteiger partial charge is 0.342 e. The molecule has 2 N–H and O–H groups in total. The predicted molar refractivity (Wildman–Crippen MR) is 127 cm³/mol. The molecule has 1 aliphatic rings. The number of benzene rings is 2. The lowest BCUT2D eigenvalue weighted by atomic mass is 9.91. The molecule has 3 rings (SSSR count). The van der Waals surface area contributed by atoms with Gasteiger partial charge in [-0.15, -0.1) is 0 Å². The van der Waals surface area contributed by atoms with Crippen molar-refractivity contribution in [3.8, 4) is 0 Å². The number of piperidine rings is 1. The Morgan fingerprint density at radius 1 is 1.00 bits per heavy atom. The van der Waals surface area contributed by atoms with E-state index >= 15 is 0 Å². The number of anilines is 1. The van der Waals surface area contributed by atoms with Crippen molar-refractivity contribution in [2.24, 2.45) is 5.92 Å². The number of Topliss-reactive ketones (excluding diaryl/α,β-unsaturated/α-hetero) is 2. The maximum atomic E-state index is 13.1. The molecule has 0 radical (unpaired) electrons. The second kappa shape index (κ2) is 11.5. The summed E-state index contributed by atoms with van der Waals surface area (Å²) in [6.45, 7) is 4.28. The Labute approximate surface area is 198 Å². The molecule has 1 aliphatic heterocycles. The standard InChI is InChI=1S/C26H30FN3O4/c1-17(31)21-13-22(18(2)32)15-24(14-21)29-26(34)28-10-9-25(33)30-11-3-4-20(16-30)12-19-5-7-23(27)8-6-19/h5-8,13-15,20H,3-4,9-12,16H2,1-2H3,(H2,28,29,34)/t20-/m0/s1. The van der Waals surface area contributed by atoms with E-state index in [9.17, 15) is 23.6 Å². The third-order valence-corrected chi connectivity index (χ3v) is 5.94. The van der Waals surface area contributed by atoms with Gasteiger partial charge in [-0.3, -0.25) is 14.4 Å². The molecule has 0 spiro atoms. The van der Waals surface area contributed by atoms with E-state index in [1.807, 2.05) is 4.90 Å². The smallest absolute Gasteiger partial charge is 0.319 e. The third-order valence-electron chi connectivity index (χ3n) is 5.94. The number of carbonyl (C=O) groups excluding carboxylic acids is 4. The molecule has 1 atom stereocenters. The topological polar surface area (TPSA) is 95.6 Å². The second-order valence-corrected chi connectivity index (χ2v) is 8.72. The number of likely N-dealkylation sites (tertiary alicyclic amines) is 1. The Hall–Kier alpha value is -3.55. The number of amides is 3. The normalized spacial score (nSPS) is 15.5. The molecule has 0 saturated carbocycles. The first-order valence-corrected chi connectivity index (χ1v) is 11.5. The molecule has 1 heterocycles. The monoisotopic (exact) mass is 467 g/mol. The van der Waals surface area contributed by atoms with Gasteiger partial charge < -0.3 is 15.5 Å². The molecule has 0 aromatic heterocycles. The van der Waals surface area contributed by atoms with E-state index in [0.717, 1.165) is 24.8 Å². The molecule has 0 unspecified atom stereocenters. The fourth-order valence-electron chi connectivity index (χ4n) is 4.13. The fraction of sp³-hybridized carbons (Fsp3) is 0.385.